The number of amides is 1. The molecule has 1 heterocycles. The topological polar surface area (TPSA) is 59.5 Å². The van der Waals surface area contributed by atoms with Gasteiger partial charge in [0, 0.05) is 6.04 Å². The van der Waals surface area contributed by atoms with Crippen LogP contribution in [-0.2, 0) is 9.53 Å². The maximum absolute atomic E-state index is 12.3. The van der Waals surface area contributed by atoms with Gasteiger partial charge in [0.1, 0.15) is 11.4 Å². The summed E-state index contributed by atoms with van der Waals surface area (Å²) in [5.74, 6) is -0.556. The summed E-state index contributed by atoms with van der Waals surface area (Å²) in [4.78, 5) is 29.9. The van der Waals surface area contributed by atoms with Gasteiger partial charge in [0.15, 0.2) is 0 Å². The van der Waals surface area contributed by atoms with Crippen LogP contribution in [0.5, 0.6) is 0 Å². The third-order valence-electron chi connectivity index (χ3n) is 2.43. The van der Waals surface area contributed by atoms with Crippen molar-refractivity contribution in [1.82, 2.24) is 9.88 Å². The number of esters is 1. The molecule has 1 aromatic heterocycles. The molecule has 100 valence electrons. The second-order valence-electron chi connectivity index (χ2n) is 4.10. The van der Waals surface area contributed by atoms with Gasteiger partial charge in [-0.25, -0.2) is 4.98 Å². The molecule has 0 spiro atoms. The van der Waals surface area contributed by atoms with Crippen LogP contribution >= 0.6 is 11.3 Å². The minimum absolute atomic E-state index is 0.0261. The Balaban J connectivity index is 2.83. The fourth-order valence-corrected chi connectivity index (χ4v) is 2.23. The third-order valence-corrected chi connectivity index (χ3v) is 3.35. The summed E-state index contributed by atoms with van der Waals surface area (Å²) in [5, 5.41) is 0. The number of rotatable bonds is 5. The second-order valence-corrected chi connectivity index (χ2v) is 4.95. The number of aromatic nitrogens is 1. The van der Waals surface area contributed by atoms with E-state index in [-0.39, 0.29) is 24.5 Å². The van der Waals surface area contributed by atoms with Gasteiger partial charge in [-0.1, -0.05) is 0 Å². The number of ether oxygens (including phenoxy) is 1. The Hall–Kier alpha value is -1.43. The largest absolute Gasteiger partial charge is 0.465 e. The average Bonchev–Trinajstić information content (AvgIpc) is 2.71. The number of carbonyl (C=O) groups excluding carboxylic acids is 2. The van der Waals surface area contributed by atoms with Gasteiger partial charge in [0.2, 0.25) is 0 Å². The second kappa shape index (κ2) is 6.49. The van der Waals surface area contributed by atoms with E-state index in [9.17, 15) is 9.59 Å². The molecule has 6 heteroatoms. The molecule has 1 rings (SSSR count). The molecule has 0 saturated carbocycles. The van der Waals surface area contributed by atoms with E-state index in [1.54, 1.807) is 19.4 Å². The maximum Gasteiger partial charge on any atom is 0.325 e. The van der Waals surface area contributed by atoms with E-state index in [0.29, 0.717) is 17.2 Å². The van der Waals surface area contributed by atoms with Crippen molar-refractivity contribution in [3.8, 4) is 0 Å². The molecule has 0 unspecified atom stereocenters. The number of aryl methyl sites for hydroxylation is 1. The van der Waals surface area contributed by atoms with Crippen molar-refractivity contribution >= 4 is 23.2 Å². The Morgan fingerprint density at radius 3 is 2.61 bits per heavy atom. The van der Waals surface area contributed by atoms with Crippen LogP contribution in [0.2, 0.25) is 0 Å². The highest BCUT2D eigenvalue weighted by Gasteiger charge is 2.24. The Bertz CT molecular complexity index is 429. The van der Waals surface area contributed by atoms with Gasteiger partial charge in [0.05, 0.1) is 17.8 Å². The number of carbonyl (C=O) groups is 2. The Morgan fingerprint density at radius 2 is 2.17 bits per heavy atom. The van der Waals surface area contributed by atoms with Crippen molar-refractivity contribution in [2.45, 2.75) is 33.7 Å². The summed E-state index contributed by atoms with van der Waals surface area (Å²) in [6.07, 6.45) is 0. The van der Waals surface area contributed by atoms with Gasteiger partial charge in [-0.05, 0) is 27.7 Å². The standard InChI is InChI=1S/C12H18N2O3S/c1-5-17-10(15)6-14(8(2)3)12(16)11-9(4)13-7-18-11/h7-8H,5-6H2,1-4H3. The Morgan fingerprint density at radius 1 is 1.50 bits per heavy atom. The van der Waals surface area contributed by atoms with Crippen molar-refractivity contribution in [2.24, 2.45) is 0 Å². The average molecular weight is 270 g/mol. The van der Waals surface area contributed by atoms with Crippen molar-refractivity contribution in [3.05, 3.63) is 16.1 Å². The summed E-state index contributed by atoms with van der Waals surface area (Å²) in [7, 11) is 0. The third kappa shape index (κ3) is 3.53. The zero-order valence-corrected chi connectivity index (χ0v) is 11.9. The summed E-state index contributed by atoms with van der Waals surface area (Å²) in [6, 6.07) is -0.0663. The molecule has 0 fully saturated rings. The number of thiazole rings is 1. The molecule has 1 amide bonds. The fourth-order valence-electron chi connectivity index (χ4n) is 1.47. The van der Waals surface area contributed by atoms with E-state index in [0.717, 1.165) is 0 Å². The SMILES string of the molecule is CCOC(=O)CN(C(=O)c1scnc1C)C(C)C. The fraction of sp³-hybridized carbons (Fsp3) is 0.583. The molecule has 0 saturated heterocycles. The highest BCUT2D eigenvalue weighted by Crippen LogP contribution is 2.16. The van der Waals surface area contributed by atoms with Crippen LogP contribution in [0.4, 0.5) is 0 Å². The number of nitrogens with zero attached hydrogens (tertiary/aromatic N) is 2. The zero-order valence-electron chi connectivity index (χ0n) is 11.1. The van der Waals surface area contributed by atoms with Crippen LogP contribution in [0.25, 0.3) is 0 Å². The maximum atomic E-state index is 12.3. The lowest BCUT2D eigenvalue weighted by Gasteiger charge is -2.25. The van der Waals surface area contributed by atoms with Crippen LogP contribution < -0.4 is 0 Å². The van der Waals surface area contributed by atoms with Crippen molar-refractivity contribution < 1.29 is 14.3 Å². The monoisotopic (exact) mass is 270 g/mol. The Kier molecular flexibility index (Phi) is 5.27. The first-order valence-electron chi connectivity index (χ1n) is 5.84. The van der Waals surface area contributed by atoms with Crippen LogP contribution in [0.3, 0.4) is 0 Å². The number of hydrogen-bond donors (Lipinski definition) is 0. The summed E-state index contributed by atoms with van der Waals surface area (Å²) >= 11 is 1.29. The molecule has 0 aliphatic rings. The molecule has 0 aliphatic heterocycles. The molecule has 0 aromatic carbocycles. The van der Waals surface area contributed by atoms with Gasteiger partial charge in [-0.2, -0.15) is 0 Å². The summed E-state index contributed by atoms with van der Waals surface area (Å²) in [5.41, 5.74) is 2.32. The van der Waals surface area contributed by atoms with E-state index in [1.165, 1.54) is 16.2 Å². The number of hydrogen-bond acceptors (Lipinski definition) is 5. The van der Waals surface area contributed by atoms with E-state index in [2.05, 4.69) is 4.98 Å². The molecule has 18 heavy (non-hydrogen) atoms. The highest BCUT2D eigenvalue weighted by atomic mass is 32.1. The predicted molar refractivity (Wildman–Crippen MR) is 69.7 cm³/mol. The lowest BCUT2D eigenvalue weighted by atomic mass is 10.2. The minimum atomic E-state index is -0.387. The highest BCUT2D eigenvalue weighted by molar-refractivity contribution is 7.11. The van der Waals surface area contributed by atoms with Gasteiger partial charge in [0.25, 0.3) is 5.91 Å². The van der Waals surface area contributed by atoms with Gasteiger partial charge in [-0.15, -0.1) is 11.3 Å². The summed E-state index contributed by atoms with van der Waals surface area (Å²) < 4.78 is 4.88. The Labute approximate surface area is 111 Å². The van der Waals surface area contributed by atoms with Crippen LogP contribution in [0.15, 0.2) is 5.51 Å². The molecule has 0 bridgehead atoms. The molecule has 0 radical (unpaired) electrons. The molecular weight excluding hydrogens is 252 g/mol. The van der Waals surface area contributed by atoms with Crippen LogP contribution in [0, 0.1) is 6.92 Å². The molecule has 0 aliphatic carbocycles. The lowest BCUT2D eigenvalue weighted by molar-refractivity contribution is -0.144. The molecule has 0 N–H and O–H groups in total. The van der Waals surface area contributed by atoms with Gasteiger partial charge >= 0.3 is 5.97 Å². The van der Waals surface area contributed by atoms with Gasteiger partial charge < -0.3 is 9.64 Å². The van der Waals surface area contributed by atoms with Gasteiger partial charge in [-0.3, -0.25) is 9.59 Å². The molecule has 5 nitrogen and oxygen atoms in total. The molecule has 1 aromatic rings. The van der Waals surface area contributed by atoms with Crippen LogP contribution in [-0.4, -0.2) is 41.0 Å². The molecule has 0 atom stereocenters. The first-order chi connectivity index (χ1) is 8.47. The van der Waals surface area contributed by atoms with E-state index < -0.39 is 0 Å². The van der Waals surface area contributed by atoms with E-state index >= 15 is 0 Å². The summed E-state index contributed by atoms with van der Waals surface area (Å²) in [6.45, 7) is 7.56. The zero-order chi connectivity index (χ0) is 13.7. The van der Waals surface area contributed by atoms with E-state index in [1.807, 2.05) is 13.8 Å². The smallest absolute Gasteiger partial charge is 0.325 e. The molecular formula is C12H18N2O3S. The predicted octanol–water partition coefficient (Wildman–Crippen LogP) is 1.87. The lowest BCUT2D eigenvalue weighted by Crippen LogP contribution is -2.41. The first-order valence-corrected chi connectivity index (χ1v) is 6.72. The van der Waals surface area contributed by atoms with Crippen molar-refractivity contribution in [2.75, 3.05) is 13.2 Å². The first kappa shape index (κ1) is 14.6. The van der Waals surface area contributed by atoms with Crippen molar-refractivity contribution in [3.63, 3.8) is 0 Å². The normalized spacial score (nSPS) is 10.5. The van der Waals surface area contributed by atoms with Crippen molar-refractivity contribution in [1.29, 1.82) is 0 Å². The quantitative estimate of drug-likeness (QED) is 0.766. The van der Waals surface area contributed by atoms with E-state index in [4.69, 9.17) is 4.74 Å². The van der Waals surface area contributed by atoms with Crippen LogP contribution in [0.1, 0.15) is 36.1 Å². The minimum Gasteiger partial charge on any atom is -0.465 e.